The number of rotatable bonds is 4. The number of carbonyl (C=O) groups is 1. The molecule has 2 aliphatic heterocycles. The van der Waals surface area contributed by atoms with E-state index < -0.39 is 0 Å². The van der Waals surface area contributed by atoms with Crippen LogP contribution in [0.25, 0.3) is 0 Å². The van der Waals surface area contributed by atoms with Crippen LogP contribution in [0.3, 0.4) is 0 Å². The largest absolute Gasteiger partial charge is 0.493 e. The van der Waals surface area contributed by atoms with Crippen molar-refractivity contribution in [2.24, 2.45) is 0 Å². The van der Waals surface area contributed by atoms with E-state index in [2.05, 4.69) is 11.9 Å². The Bertz CT molecular complexity index is 488. The first kappa shape index (κ1) is 13.4. The summed E-state index contributed by atoms with van der Waals surface area (Å²) in [6.07, 6.45) is 5.71. The number of nitrogens with zero attached hydrogens (tertiary/aromatic N) is 1. The lowest BCUT2D eigenvalue weighted by molar-refractivity contribution is 0.0643. The second-order valence-corrected chi connectivity index (χ2v) is 5.79. The van der Waals surface area contributed by atoms with Gasteiger partial charge in [0.25, 0.3) is 0 Å². The first-order valence-corrected chi connectivity index (χ1v) is 7.23. The maximum absolute atomic E-state index is 10.9. The highest BCUT2D eigenvalue weighted by atomic mass is 16.5. The molecule has 1 aromatic rings. The van der Waals surface area contributed by atoms with Crippen LogP contribution < -0.4 is 9.47 Å². The molecule has 108 valence electrons. The molecule has 4 heteroatoms. The molecule has 20 heavy (non-hydrogen) atoms. The van der Waals surface area contributed by atoms with E-state index in [1.807, 2.05) is 0 Å². The minimum absolute atomic E-state index is 0.222. The average Bonchev–Trinajstić information content (AvgIpc) is 2.69. The van der Waals surface area contributed by atoms with Gasteiger partial charge in [0, 0.05) is 17.6 Å². The summed E-state index contributed by atoms with van der Waals surface area (Å²) in [4.78, 5) is 13.4. The maximum Gasteiger partial charge on any atom is 0.162 e. The van der Waals surface area contributed by atoms with E-state index >= 15 is 0 Å². The lowest BCUT2D eigenvalue weighted by atomic mass is 10.0. The van der Waals surface area contributed by atoms with Crippen molar-refractivity contribution in [1.82, 2.24) is 4.90 Å². The van der Waals surface area contributed by atoms with E-state index in [0.29, 0.717) is 29.1 Å². The van der Waals surface area contributed by atoms with Gasteiger partial charge in [0.15, 0.2) is 11.5 Å². The Hall–Kier alpha value is -1.55. The molecule has 0 aliphatic carbocycles. The van der Waals surface area contributed by atoms with Crippen LogP contribution in [0.2, 0.25) is 0 Å². The molecule has 2 saturated heterocycles. The summed E-state index contributed by atoms with van der Waals surface area (Å²) in [5.41, 5.74) is 0.622. The van der Waals surface area contributed by atoms with Gasteiger partial charge in [0.1, 0.15) is 12.4 Å². The van der Waals surface area contributed by atoms with Crippen LogP contribution in [0.1, 0.15) is 36.0 Å². The first-order valence-electron chi connectivity index (χ1n) is 7.23. The molecule has 2 aliphatic rings. The third kappa shape index (κ3) is 2.40. The van der Waals surface area contributed by atoms with Gasteiger partial charge in [-0.1, -0.05) is 0 Å². The van der Waals surface area contributed by atoms with Crippen molar-refractivity contribution in [1.29, 1.82) is 0 Å². The van der Waals surface area contributed by atoms with Crippen LogP contribution >= 0.6 is 0 Å². The third-order valence-corrected chi connectivity index (χ3v) is 4.67. The van der Waals surface area contributed by atoms with Crippen molar-refractivity contribution in [2.45, 2.75) is 43.9 Å². The Morgan fingerprint density at radius 3 is 2.50 bits per heavy atom. The highest BCUT2D eigenvalue weighted by Gasteiger charge is 2.39. The second-order valence-electron chi connectivity index (χ2n) is 5.79. The molecule has 0 N–H and O–H groups in total. The molecular formula is C16H21NO3. The van der Waals surface area contributed by atoms with Crippen LogP contribution in [-0.4, -0.2) is 43.5 Å². The fourth-order valence-electron chi connectivity index (χ4n) is 3.50. The molecule has 3 rings (SSSR count). The maximum atomic E-state index is 10.9. The van der Waals surface area contributed by atoms with E-state index in [1.165, 1.54) is 12.8 Å². The topological polar surface area (TPSA) is 38.8 Å². The van der Waals surface area contributed by atoms with Gasteiger partial charge in [-0.3, -0.25) is 4.79 Å². The zero-order valence-electron chi connectivity index (χ0n) is 12.0. The number of hydrogen-bond acceptors (Lipinski definition) is 4. The van der Waals surface area contributed by atoms with Gasteiger partial charge in [-0.15, -0.1) is 0 Å². The second kappa shape index (κ2) is 5.44. The van der Waals surface area contributed by atoms with Gasteiger partial charge in [-0.05, 0) is 50.9 Å². The minimum atomic E-state index is 0.222. The van der Waals surface area contributed by atoms with Crippen LogP contribution in [0.15, 0.2) is 18.2 Å². The van der Waals surface area contributed by atoms with Crippen molar-refractivity contribution < 1.29 is 14.3 Å². The fraction of sp³-hybridized carbons (Fsp3) is 0.562. The SMILES string of the molecule is COc1ccc(C=O)cc1OC1CC2CCC(C1)N2C. The summed E-state index contributed by atoms with van der Waals surface area (Å²) >= 11 is 0. The molecule has 2 atom stereocenters. The van der Waals surface area contributed by atoms with Crippen molar-refractivity contribution in [3.63, 3.8) is 0 Å². The molecule has 1 aromatic carbocycles. The fourth-order valence-corrected chi connectivity index (χ4v) is 3.50. The third-order valence-electron chi connectivity index (χ3n) is 4.67. The molecule has 0 saturated carbocycles. The van der Waals surface area contributed by atoms with Crippen LogP contribution in [0.4, 0.5) is 0 Å². The lowest BCUT2D eigenvalue weighted by Crippen LogP contribution is -2.43. The summed E-state index contributed by atoms with van der Waals surface area (Å²) in [6.45, 7) is 0. The quantitative estimate of drug-likeness (QED) is 0.791. The number of ether oxygens (including phenoxy) is 2. The zero-order chi connectivity index (χ0) is 14.1. The number of piperidine rings is 1. The summed E-state index contributed by atoms with van der Waals surface area (Å²) < 4.78 is 11.5. The molecule has 2 bridgehead atoms. The molecule has 2 unspecified atom stereocenters. The zero-order valence-corrected chi connectivity index (χ0v) is 12.0. The smallest absolute Gasteiger partial charge is 0.162 e. The monoisotopic (exact) mass is 275 g/mol. The Labute approximate surface area is 119 Å². The number of carbonyl (C=O) groups excluding carboxylic acids is 1. The van der Waals surface area contributed by atoms with E-state index in [-0.39, 0.29) is 6.10 Å². The van der Waals surface area contributed by atoms with Crippen molar-refractivity contribution >= 4 is 6.29 Å². The van der Waals surface area contributed by atoms with Gasteiger partial charge in [-0.2, -0.15) is 0 Å². The van der Waals surface area contributed by atoms with Crippen molar-refractivity contribution in [3.05, 3.63) is 23.8 Å². The van der Waals surface area contributed by atoms with Gasteiger partial charge in [0.05, 0.1) is 7.11 Å². The Balaban J connectivity index is 1.76. The molecule has 0 spiro atoms. The van der Waals surface area contributed by atoms with Crippen LogP contribution in [-0.2, 0) is 0 Å². The predicted octanol–water partition coefficient (Wildman–Crippen LogP) is 2.51. The molecule has 0 amide bonds. The molecule has 0 aromatic heterocycles. The van der Waals surface area contributed by atoms with E-state index in [4.69, 9.17) is 9.47 Å². The van der Waals surface area contributed by atoms with Crippen molar-refractivity contribution in [2.75, 3.05) is 14.2 Å². The number of hydrogen-bond donors (Lipinski definition) is 0. The van der Waals surface area contributed by atoms with Crippen LogP contribution in [0, 0.1) is 0 Å². The number of aldehydes is 1. The van der Waals surface area contributed by atoms with Crippen LogP contribution in [0.5, 0.6) is 11.5 Å². The van der Waals surface area contributed by atoms with Crippen molar-refractivity contribution in [3.8, 4) is 11.5 Å². The summed E-state index contributed by atoms with van der Waals surface area (Å²) in [7, 11) is 3.84. The first-order chi connectivity index (χ1) is 9.71. The van der Waals surface area contributed by atoms with Gasteiger partial charge < -0.3 is 14.4 Å². The van der Waals surface area contributed by atoms with E-state index in [1.54, 1.807) is 25.3 Å². The summed E-state index contributed by atoms with van der Waals surface area (Å²) in [6, 6.07) is 6.59. The van der Waals surface area contributed by atoms with Gasteiger partial charge in [0.2, 0.25) is 0 Å². The minimum Gasteiger partial charge on any atom is -0.493 e. The molecule has 0 radical (unpaired) electrons. The summed E-state index contributed by atoms with van der Waals surface area (Å²) in [5.74, 6) is 1.38. The normalized spacial score (nSPS) is 29.2. The lowest BCUT2D eigenvalue weighted by Gasteiger charge is -2.36. The molecule has 2 heterocycles. The Morgan fingerprint density at radius 1 is 1.20 bits per heavy atom. The Morgan fingerprint density at radius 2 is 1.90 bits per heavy atom. The number of methoxy groups -OCH3 is 1. The predicted molar refractivity (Wildman–Crippen MR) is 76.6 cm³/mol. The number of benzene rings is 1. The Kier molecular flexibility index (Phi) is 3.66. The van der Waals surface area contributed by atoms with E-state index in [9.17, 15) is 4.79 Å². The number of fused-ring (bicyclic) bond motifs is 2. The highest BCUT2D eigenvalue weighted by Crippen LogP contribution is 2.37. The highest BCUT2D eigenvalue weighted by molar-refractivity contribution is 5.76. The average molecular weight is 275 g/mol. The summed E-state index contributed by atoms with van der Waals surface area (Å²) in [5, 5.41) is 0. The molecular weight excluding hydrogens is 254 g/mol. The molecule has 2 fully saturated rings. The molecule has 4 nitrogen and oxygen atoms in total. The van der Waals surface area contributed by atoms with Gasteiger partial charge >= 0.3 is 0 Å². The standard InChI is InChI=1S/C16H21NO3/c1-17-12-4-5-13(17)9-14(8-12)20-16-7-11(10-18)3-6-15(16)19-2/h3,6-7,10,12-14H,4-5,8-9H2,1-2H3. The van der Waals surface area contributed by atoms with Gasteiger partial charge in [-0.25, -0.2) is 0 Å². The van der Waals surface area contributed by atoms with E-state index in [0.717, 1.165) is 19.1 Å².